The molecule has 68 valence electrons. The third-order valence-electron chi connectivity index (χ3n) is 2.22. The van der Waals surface area contributed by atoms with Crippen molar-refractivity contribution in [1.29, 1.82) is 0 Å². The van der Waals surface area contributed by atoms with Gasteiger partial charge in [-0.1, -0.05) is 22.0 Å². The minimum absolute atomic E-state index is 1.08. The number of hydrogen-bond acceptors (Lipinski definition) is 0. The molecule has 2 aromatic rings. The summed E-state index contributed by atoms with van der Waals surface area (Å²) >= 11 is 3.44. The Balaban J connectivity index is 2.26. The van der Waals surface area contributed by atoms with Crippen molar-refractivity contribution in [3.8, 4) is 0 Å². The summed E-state index contributed by atoms with van der Waals surface area (Å²) in [6.07, 6.45) is 4.35. The van der Waals surface area contributed by atoms with E-state index in [9.17, 15) is 0 Å². The van der Waals surface area contributed by atoms with Crippen LogP contribution in [0.15, 0.2) is 30.5 Å². The highest BCUT2D eigenvalue weighted by molar-refractivity contribution is 9.09. The molecule has 0 unspecified atom stereocenters. The van der Waals surface area contributed by atoms with Crippen molar-refractivity contribution in [2.45, 2.75) is 12.8 Å². The summed E-state index contributed by atoms with van der Waals surface area (Å²) in [5.74, 6) is 0. The lowest BCUT2D eigenvalue weighted by Crippen LogP contribution is -1.85. The molecule has 0 amide bonds. The van der Waals surface area contributed by atoms with Crippen LogP contribution in [-0.2, 0) is 6.42 Å². The lowest BCUT2D eigenvalue weighted by atomic mass is 10.1. The largest absolute Gasteiger partial charge is 0.361 e. The van der Waals surface area contributed by atoms with Crippen LogP contribution in [0.1, 0.15) is 12.0 Å². The van der Waals surface area contributed by atoms with E-state index in [4.69, 9.17) is 0 Å². The maximum Gasteiger partial charge on any atom is 0.0454 e. The summed E-state index contributed by atoms with van der Waals surface area (Å²) in [7, 11) is 0. The number of hydrogen-bond donors (Lipinski definition) is 1. The van der Waals surface area contributed by atoms with Gasteiger partial charge in [-0.15, -0.1) is 0 Å². The lowest BCUT2D eigenvalue weighted by Gasteiger charge is -1.98. The van der Waals surface area contributed by atoms with Gasteiger partial charge < -0.3 is 4.98 Å². The number of H-pyrrole nitrogens is 1. The predicted octanol–water partition coefficient (Wildman–Crippen LogP) is 3.50. The molecule has 0 bridgehead atoms. The summed E-state index contributed by atoms with van der Waals surface area (Å²) in [6, 6.07) is 8.72. The van der Waals surface area contributed by atoms with E-state index in [0.29, 0.717) is 0 Å². The van der Waals surface area contributed by atoms with E-state index in [1.54, 1.807) is 0 Å². The van der Waals surface area contributed by atoms with Crippen LogP contribution < -0.4 is 0 Å². The van der Waals surface area contributed by atoms with Gasteiger partial charge in [-0.2, -0.15) is 0 Å². The van der Waals surface area contributed by atoms with Crippen LogP contribution >= 0.6 is 15.9 Å². The first-order chi connectivity index (χ1) is 6.40. The number of aromatic nitrogens is 1. The zero-order valence-corrected chi connectivity index (χ0v) is 8.97. The minimum atomic E-state index is 1.08. The molecule has 1 nitrogen and oxygen atoms in total. The minimum Gasteiger partial charge on any atom is -0.361 e. The fourth-order valence-corrected chi connectivity index (χ4v) is 1.81. The van der Waals surface area contributed by atoms with Crippen molar-refractivity contribution in [1.82, 2.24) is 4.98 Å². The van der Waals surface area contributed by atoms with Crippen molar-refractivity contribution in [2.75, 3.05) is 5.33 Å². The first-order valence-electron chi connectivity index (χ1n) is 4.52. The second kappa shape index (κ2) is 3.97. The van der Waals surface area contributed by atoms with E-state index in [-0.39, 0.29) is 0 Å². The van der Waals surface area contributed by atoms with Gasteiger partial charge in [0.2, 0.25) is 0 Å². The maximum atomic E-state index is 3.44. The van der Waals surface area contributed by atoms with Crippen LogP contribution in [0.4, 0.5) is 0 Å². The molecule has 0 aliphatic heterocycles. The van der Waals surface area contributed by atoms with Gasteiger partial charge in [0.1, 0.15) is 0 Å². The highest BCUT2D eigenvalue weighted by Gasteiger charge is 1.96. The van der Waals surface area contributed by atoms with E-state index in [2.05, 4.69) is 45.2 Å². The molecule has 1 aromatic heterocycles. The fraction of sp³-hybridized carbons (Fsp3) is 0.273. The van der Waals surface area contributed by atoms with Crippen molar-refractivity contribution in [2.24, 2.45) is 0 Å². The van der Waals surface area contributed by atoms with E-state index < -0.39 is 0 Å². The predicted molar refractivity (Wildman–Crippen MR) is 60.4 cm³/mol. The highest BCUT2D eigenvalue weighted by Crippen LogP contribution is 2.15. The van der Waals surface area contributed by atoms with Crippen LogP contribution in [0, 0.1) is 0 Å². The Labute approximate surface area is 86.3 Å². The maximum absolute atomic E-state index is 3.44. The smallest absolute Gasteiger partial charge is 0.0454 e. The second-order valence-corrected chi connectivity index (χ2v) is 3.98. The van der Waals surface area contributed by atoms with Gasteiger partial charge in [0.05, 0.1) is 0 Å². The third-order valence-corrected chi connectivity index (χ3v) is 2.78. The van der Waals surface area contributed by atoms with Gasteiger partial charge in [-0.3, -0.25) is 0 Å². The summed E-state index contributed by atoms with van der Waals surface area (Å²) in [6.45, 7) is 0. The van der Waals surface area contributed by atoms with Crippen LogP contribution in [0.5, 0.6) is 0 Å². The molecule has 2 heteroatoms. The van der Waals surface area contributed by atoms with Gasteiger partial charge in [0.15, 0.2) is 0 Å². The molecular formula is C11H12BrN. The van der Waals surface area contributed by atoms with Crippen molar-refractivity contribution < 1.29 is 0 Å². The van der Waals surface area contributed by atoms with Gasteiger partial charge in [-0.25, -0.2) is 0 Å². The van der Waals surface area contributed by atoms with Crippen LogP contribution in [0.2, 0.25) is 0 Å². The third kappa shape index (κ3) is 1.94. The van der Waals surface area contributed by atoms with Gasteiger partial charge in [0, 0.05) is 17.0 Å². The molecule has 0 atom stereocenters. The molecule has 0 aliphatic carbocycles. The molecule has 1 aromatic carbocycles. The Kier molecular flexibility index (Phi) is 2.69. The first kappa shape index (κ1) is 8.82. The number of fused-ring (bicyclic) bond motifs is 1. The van der Waals surface area contributed by atoms with E-state index in [1.807, 2.05) is 6.20 Å². The van der Waals surface area contributed by atoms with E-state index in [1.165, 1.54) is 22.9 Å². The number of alkyl halides is 1. The quantitative estimate of drug-likeness (QED) is 0.787. The monoisotopic (exact) mass is 237 g/mol. The molecule has 0 saturated heterocycles. The Morgan fingerprint density at radius 1 is 1.23 bits per heavy atom. The molecule has 0 radical (unpaired) electrons. The van der Waals surface area contributed by atoms with Gasteiger partial charge in [0.25, 0.3) is 0 Å². The molecule has 1 N–H and O–H groups in total. The molecule has 13 heavy (non-hydrogen) atoms. The molecule has 0 fully saturated rings. The summed E-state index contributed by atoms with van der Waals surface area (Å²) in [4.78, 5) is 3.19. The summed E-state index contributed by atoms with van der Waals surface area (Å²) in [5.41, 5.74) is 2.65. The number of benzene rings is 1. The van der Waals surface area contributed by atoms with Crippen LogP contribution in [0.25, 0.3) is 10.9 Å². The van der Waals surface area contributed by atoms with E-state index >= 15 is 0 Å². The Bertz CT molecular complexity index is 392. The zero-order valence-electron chi connectivity index (χ0n) is 7.39. The van der Waals surface area contributed by atoms with Crippen molar-refractivity contribution in [3.05, 3.63) is 36.0 Å². The first-order valence-corrected chi connectivity index (χ1v) is 5.64. The summed E-state index contributed by atoms with van der Waals surface area (Å²) < 4.78 is 0. The van der Waals surface area contributed by atoms with Crippen LogP contribution in [0.3, 0.4) is 0 Å². The normalized spacial score (nSPS) is 10.8. The topological polar surface area (TPSA) is 15.8 Å². The van der Waals surface area contributed by atoms with Crippen LogP contribution in [-0.4, -0.2) is 10.3 Å². The molecule has 0 aliphatic rings. The van der Waals surface area contributed by atoms with Crippen molar-refractivity contribution in [3.63, 3.8) is 0 Å². The lowest BCUT2D eigenvalue weighted by molar-refractivity contribution is 0.941. The Morgan fingerprint density at radius 2 is 2.15 bits per heavy atom. The summed E-state index contributed by atoms with van der Waals surface area (Å²) in [5, 5.41) is 2.39. The number of aromatic amines is 1. The Hall–Kier alpha value is -0.760. The van der Waals surface area contributed by atoms with Gasteiger partial charge >= 0.3 is 0 Å². The number of aryl methyl sites for hydroxylation is 1. The average molecular weight is 238 g/mol. The highest BCUT2D eigenvalue weighted by atomic mass is 79.9. The molecule has 1 heterocycles. The number of rotatable bonds is 3. The molecule has 0 spiro atoms. The fourth-order valence-electron chi connectivity index (χ4n) is 1.53. The second-order valence-electron chi connectivity index (χ2n) is 3.19. The molecule has 0 saturated carbocycles. The number of halogens is 1. The number of nitrogens with one attached hydrogen (secondary N) is 1. The van der Waals surface area contributed by atoms with Crippen molar-refractivity contribution >= 4 is 26.8 Å². The zero-order chi connectivity index (χ0) is 9.10. The Morgan fingerprint density at radius 3 is 3.00 bits per heavy atom. The average Bonchev–Trinajstić information content (AvgIpc) is 2.61. The standard InChI is InChI=1S/C11H12BrN/c12-6-1-2-9-3-4-11-10(8-9)5-7-13-11/h3-5,7-8,13H,1-2,6H2. The van der Waals surface area contributed by atoms with Gasteiger partial charge in [-0.05, 0) is 42.0 Å². The molecular weight excluding hydrogens is 226 g/mol. The SMILES string of the molecule is BrCCCc1ccc2[nH]ccc2c1. The molecule has 2 rings (SSSR count). The van der Waals surface area contributed by atoms with E-state index in [0.717, 1.165) is 11.8 Å².